The van der Waals surface area contributed by atoms with Crippen molar-refractivity contribution in [3.63, 3.8) is 0 Å². The summed E-state index contributed by atoms with van der Waals surface area (Å²) in [6.07, 6.45) is 0.713. The third-order valence-electron chi connectivity index (χ3n) is 5.01. The molecule has 30 heavy (non-hydrogen) atoms. The summed E-state index contributed by atoms with van der Waals surface area (Å²) in [7, 11) is 1.30. The molecular formula is C21H22FN3O5. The Balaban J connectivity index is 1.82. The largest absolute Gasteiger partial charge is 0.479 e. The van der Waals surface area contributed by atoms with Gasteiger partial charge in [-0.2, -0.15) is 0 Å². The van der Waals surface area contributed by atoms with Gasteiger partial charge >= 0.3 is 5.97 Å². The van der Waals surface area contributed by atoms with E-state index >= 15 is 0 Å². The van der Waals surface area contributed by atoms with E-state index < -0.39 is 17.9 Å². The van der Waals surface area contributed by atoms with Crippen LogP contribution < -0.4 is 10.6 Å². The molecule has 158 valence electrons. The van der Waals surface area contributed by atoms with Gasteiger partial charge in [-0.1, -0.05) is 0 Å². The van der Waals surface area contributed by atoms with Crippen molar-refractivity contribution in [3.05, 3.63) is 52.1 Å². The number of H-pyrrole nitrogens is 1. The maximum atomic E-state index is 13.6. The van der Waals surface area contributed by atoms with Crippen LogP contribution in [0.4, 0.5) is 10.1 Å². The molecule has 0 saturated carbocycles. The van der Waals surface area contributed by atoms with Gasteiger partial charge < -0.3 is 25.5 Å². The number of rotatable bonds is 7. The van der Waals surface area contributed by atoms with Crippen LogP contribution in [0.2, 0.25) is 0 Å². The molecular weight excluding hydrogens is 393 g/mol. The van der Waals surface area contributed by atoms with E-state index in [0.717, 1.165) is 0 Å². The van der Waals surface area contributed by atoms with Crippen molar-refractivity contribution in [2.75, 3.05) is 19.0 Å². The highest BCUT2D eigenvalue weighted by Gasteiger charge is 2.26. The smallest absolute Gasteiger partial charge is 0.332 e. The molecule has 4 N–H and O–H groups in total. The van der Waals surface area contributed by atoms with Crippen molar-refractivity contribution in [1.29, 1.82) is 0 Å². The Hall–Kier alpha value is -3.46. The van der Waals surface area contributed by atoms with Gasteiger partial charge in [0.1, 0.15) is 5.82 Å². The van der Waals surface area contributed by atoms with Gasteiger partial charge in [-0.05, 0) is 43.7 Å². The van der Waals surface area contributed by atoms with E-state index in [4.69, 9.17) is 9.84 Å². The number of aliphatic carboxylic acids is 1. The Morgan fingerprint density at radius 2 is 2.07 bits per heavy atom. The summed E-state index contributed by atoms with van der Waals surface area (Å²) in [6.45, 7) is 3.58. The second-order valence-corrected chi connectivity index (χ2v) is 6.97. The summed E-state index contributed by atoms with van der Waals surface area (Å²) < 4.78 is 18.5. The number of hydrogen-bond acceptors (Lipinski definition) is 4. The lowest BCUT2D eigenvalue weighted by Gasteiger charge is -2.11. The van der Waals surface area contributed by atoms with Gasteiger partial charge in [0.05, 0.1) is 11.1 Å². The molecule has 0 fully saturated rings. The van der Waals surface area contributed by atoms with Gasteiger partial charge in [0.25, 0.3) is 11.8 Å². The number of amides is 2. The Kier molecular flexibility index (Phi) is 6.02. The number of ether oxygens (including phenoxy) is 1. The van der Waals surface area contributed by atoms with Gasteiger partial charge in [-0.25, -0.2) is 9.18 Å². The van der Waals surface area contributed by atoms with Gasteiger partial charge in [0.15, 0.2) is 6.10 Å². The number of aromatic nitrogens is 1. The zero-order valence-corrected chi connectivity index (χ0v) is 16.8. The molecule has 2 aromatic rings. The fourth-order valence-electron chi connectivity index (χ4n) is 3.45. The number of carbonyl (C=O) groups excluding carboxylic acids is 2. The number of halogens is 1. The molecule has 0 radical (unpaired) electrons. The van der Waals surface area contributed by atoms with Crippen molar-refractivity contribution in [2.24, 2.45) is 0 Å². The number of carbonyl (C=O) groups is 3. The highest BCUT2D eigenvalue weighted by Crippen LogP contribution is 2.34. The van der Waals surface area contributed by atoms with E-state index in [0.29, 0.717) is 39.3 Å². The monoisotopic (exact) mass is 415 g/mol. The molecule has 0 unspecified atom stereocenters. The molecule has 3 rings (SSSR count). The average Bonchev–Trinajstić information content (AvgIpc) is 3.14. The maximum Gasteiger partial charge on any atom is 0.332 e. The molecule has 8 nitrogen and oxygen atoms in total. The lowest BCUT2D eigenvalue weighted by Crippen LogP contribution is -2.31. The zero-order valence-electron chi connectivity index (χ0n) is 16.8. The molecule has 9 heteroatoms. The summed E-state index contributed by atoms with van der Waals surface area (Å²) in [5.74, 6) is -2.27. The third kappa shape index (κ3) is 4.11. The lowest BCUT2D eigenvalue weighted by atomic mass is 10.0. The van der Waals surface area contributed by atoms with Crippen LogP contribution >= 0.6 is 0 Å². The summed E-state index contributed by atoms with van der Waals surface area (Å²) in [4.78, 5) is 39.0. The number of aromatic amines is 1. The average molecular weight is 415 g/mol. The van der Waals surface area contributed by atoms with Crippen molar-refractivity contribution in [3.8, 4) is 0 Å². The number of carboxylic acids is 1. The van der Waals surface area contributed by atoms with Crippen molar-refractivity contribution < 1.29 is 28.6 Å². The molecule has 1 aromatic carbocycles. The van der Waals surface area contributed by atoms with E-state index in [-0.39, 0.29) is 24.8 Å². The molecule has 0 aliphatic carbocycles. The highest BCUT2D eigenvalue weighted by atomic mass is 19.1. The molecule has 1 aromatic heterocycles. The summed E-state index contributed by atoms with van der Waals surface area (Å²) in [5, 5.41) is 14.4. The van der Waals surface area contributed by atoms with Crippen LogP contribution in [0.15, 0.2) is 18.2 Å². The number of nitrogens with one attached hydrogen (secondary N) is 3. The quantitative estimate of drug-likeness (QED) is 0.518. The lowest BCUT2D eigenvalue weighted by molar-refractivity contribution is -0.148. The molecule has 0 saturated heterocycles. The minimum atomic E-state index is -1.10. The van der Waals surface area contributed by atoms with Crippen molar-refractivity contribution in [1.82, 2.24) is 10.3 Å². The summed E-state index contributed by atoms with van der Waals surface area (Å²) in [6, 6.07) is 4.05. The van der Waals surface area contributed by atoms with Crippen LogP contribution in [0.5, 0.6) is 0 Å². The second kappa shape index (κ2) is 8.50. The molecule has 0 spiro atoms. The first kappa shape index (κ1) is 21.3. The van der Waals surface area contributed by atoms with Crippen LogP contribution in [-0.2, 0) is 14.3 Å². The zero-order chi connectivity index (χ0) is 22.0. The first-order valence-corrected chi connectivity index (χ1v) is 9.28. The summed E-state index contributed by atoms with van der Waals surface area (Å²) >= 11 is 0. The minimum absolute atomic E-state index is 0.124. The van der Waals surface area contributed by atoms with Crippen LogP contribution in [-0.4, -0.2) is 47.6 Å². The molecule has 2 amide bonds. The molecule has 1 aliphatic heterocycles. The standard InChI is InChI=1S/C21H22FN3O5/c1-10-16(9-14-13-8-12(22)4-5-15(13)25-19(14)26)24-11(2)18(10)20(27)23-7-6-17(30-3)21(28)29/h4-5,8-9,17,24H,6-7H2,1-3H3,(H,23,27)(H,25,26)(H,28,29)/t17-/m0/s1. The van der Waals surface area contributed by atoms with Crippen LogP contribution in [0.3, 0.4) is 0 Å². The van der Waals surface area contributed by atoms with Crippen molar-refractivity contribution in [2.45, 2.75) is 26.4 Å². The predicted molar refractivity (Wildman–Crippen MR) is 109 cm³/mol. The molecule has 1 aliphatic rings. The van der Waals surface area contributed by atoms with Crippen molar-refractivity contribution >= 4 is 35.1 Å². The first-order valence-electron chi connectivity index (χ1n) is 9.28. The third-order valence-corrected chi connectivity index (χ3v) is 5.01. The minimum Gasteiger partial charge on any atom is -0.479 e. The van der Waals surface area contributed by atoms with E-state index in [1.807, 2.05) is 0 Å². The predicted octanol–water partition coefficient (Wildman–Crippen LogP) is 2.48. The Bertz CT molecular complexity index is 1060. The SMILES string of the molecule is CO[C@@H](CCNC(=O)c1c(C)[nH]c(C=C2C(=O)Nc3ccc(F)cc32)c1C)C(=O)O. The Labute approximate surface area is 172 Å². The number of benzene rings is 1. The van der Waals surface area contributed by atoms with Crippen LogP contribution in [0.1, 0.15) is 39.3 Å². The Morgan fingerprint density at radius 1 is 1.33 bits per heavy atom. The van der Waals surface area contributed by atoms with E-state index in [1.165, 1.54) is 25.3 Å². The fourth-order valence-corrected chi connectivity index (χ4v) is 3.45. The normalized spacial score (nSPS) is 15.1. The first-order chi connectivity index (χ1) is 14.2. The molecule has 1 atom stereocenters. The van der Waals surface area contributed by atoms with Gasteiger partial charge in [-0.15, -0.1) is 0 Å². The summed E-state index contributed by atoms with van der Waals surface area (Å²) in [5.41, 5.74) is 3.46. The molecule has 0 bridgehead atoms. The molecule has 2 heterocycles. The van der Waals surface area contributed by atoms with E-state index in [2.05, 4.69) is 15.6 Å². The number of carboxylic acid groups (broad SMARTS) is 1. The van der Waals surface area contributed by atoms with Crippen LogP contribution in [0, 0.1) is 19.7 Å². The number of aryl methyl sites for hydroxylation is 1. The number of hydrogen-bond donors (Lipinski definition) is 4. The van der Waals surface area contributed by atoms with E-state index in [1.54, 1.807) is 19.9 Å². The van der Waals surface area contributed by atoms with Gasteiger partial charge in [0.2, 0.25) is 0 Å². The topological polar surface area (TPSA) is 121 Å². The maximum absolute atomic E-state index is 13.6. The fraction of sp³-hybridized carbons (Fsp3) is 0.286. The Morgan fingerprint density at radius 3 is 2.73 bits per heavy atom. The van der Waals surface area contributed by atoms with E-state index in [9.17, 15) is 18.8 Å². The number of anilines is 1. The second-order valence-electron chi connectivity index (χ2n) is 6.97. The number of methoxy groups -OCH3 is 1. The van der Waals surface area contributed by atoms with Gasteiger partial charge in [0, 0.05) is 42.7 Å². The van der Waals surface area contributed by atoms with Crippen LogP contribution in [0.25, 0.3) is 11.6 Å². The number of fused-ring (bicyclic) bond motifs is 1. The highest BCUT2D eigenvalue weighted by molar-refractivity contribution is 6.34. The van der Waals surface area contributed by atoms with Gasteiger partial charge in [-0.3, -0.25) is 9.59 Å².